The van der Waals surface area contributed by atoms with Gasteiger partial charge < -0.3 is 14.8 Å². The molecule has 0 unspecified atom stereocenters. The number of fused-ring (bicyclic) bond motifs is 1. The molecule has 0 saturated heterocycles. The standard InChI is InChI=1S/C16H14ClNO3/c17-12-6-2-1-5-11(12)9-18-16(19)15-10-20-13-7-3-4-8-14(13)21-15/h1-8,15H,9-10H2,(H,18,19)/t15-/m1/s1. The Morgan fingerprint density at radius 3 is 2.67 bits per heavy atom. The Kier molecular flexibility index (Phi) is 3.97. The lowest BCUT2D eigenvalue weighted by Gasteiger charge is -2.25. The Morgan fingerprint density at radius 1 is 1.14 bits per heavy atom. The SMILES string of the molecule is O=C(NCc1ccccc1Cl)[C@H]1COc2ccccc2O1. The smallest absolute Gasteiger partial charge is 0.264 e. The van der Waals surface area contributed by atoms with Crippen LogP contribution in [0.1, 0.15) is 5.56 Å². The molecule has 1 amide bonds. The van der Waals surface area contributed by atoms with Gasteiger partial charge in [-0.05, 0) is 23.8 Å². The molecular weight excluding hydrogens is 290 g/mol. The van der Waals surface area contributed by atoms with Crippen molar-refractivity contribution in [1.82, 2.24) is 5.32 Å². The average molecular weight is 304 g/mol. The third kappa shape index (κ3) is 3.11. The van der Waals surface area contributed by atoms with E-state index >= 15 is 0 Å². The van der Waals surface area contributed by atoms with E-state index in [0.29, 0.717) is 23.1 Å². The number of amides is 1. The molecule has 1 heterocycles. The van der Waals surface area contributed by atoms with E-state index < -0.39 is 6.10 Å². The number of rotatable bonds is 3. The summed E-state index contributed by atoms with van der Waals surface area (Å²) >= 11 is 6.05. The second-order valence-electron chi connectivity index (χ2n) is 4.67. The van der Waals surface area contributed by atoms with Crippen molar-refractivity contribution >= 4 is 17.5 Å². The topological polar surface area (TPSA) is 47.6 Å². The van der Waals surface area contributed by atoms with Gasteiger partial charge in [0, 0.05) is 11.6 Å². The molecule has 0 spiro atoms. The number of benzene rings is 2. The molecule has 108 valence electrons. The van der Waals surface area contributed by atoms with Gasteiger partial charge in [0.1, 0.15) is 6.61 Å². The Bertz CT molecular complexity index is 659. The number of carbonyl (C=O) groups excluding carboxylic acids is 1. The number of nitrogens with one attached hydrogen (secondary N) is 1. The van der Waals surface area contributed by atoms with Gasteiger partial charge in [-0.25, -0.2) is 0 Å². The van der Waals surface area contributed by atoms with Gasteiger partial charge >= 0.3 is 0 Å². The highest BCUT2D eigenvalue weighted by Crippen LogP contribution is 2.30. The zero-order valence-electron chi connectivity index (χ0n) is 11.2. The molecule has 1 atom stereocenters. The normalized spacial score (nSPS) is 16.3. The van der Waals surface area contributed by atoms with Gasteiger partial charge in [0.05, 0.1) is 0 Å². The summed E-state index contributed by atoms with van der Waals surface area (Å²) in [6.07, 6.45) is -0.651. The van der Waals surface area contributed by atoms with Gasteiger partial charge in [0.2, 0.25) is 6.10 Å². The van der Waals surface area contributed by atoms with Crippen LogP contribution in [0.15, 0.2) is 48.5 Å². The lowest BCUT2D eigenvalue weighted by molar-refractivity contribution is -0.130. The Hall–Kier alpha value is -2.20. The number of halogens is 1. The molecule has 0 aromatic heterocycles. The van der Waals surface area contributed by atoms with E-state index in [2.05, 4.69) is 5.32 Å². The molecule has 0 aliphatic carbocycles. The summed E-state index contributed by atoms with van der Waals surface area (Å²) in [5, 5.41) is 3.44. The van der Waals surface area contributed by atoms with Crippen LogP contribution < -0.4 is 14.8 Å². The number of ether oxygens (including phenoxy) is 2. The maximum Gasteiger partial charge on any atom is 0.264 e. The number of carbonyl (C=O) groups is 1. The van der Waals surface area contributed by atoms with Crippen LogP contribution >= 0.6 is 11.6 Å². The summed E-state index contributed by atoms with van der Waals surface area (Å²) in [6, 6.07) is 14.7. The van der Waals surface area contributed by atoms with E-state index in [-0.39, 0.29) is 12.5 Å². The van der Waals surface area contributed by atoms with Crippen molar-refractivity contribution in [1.29, 1.82) is 0 Å². The fraction of sp³-hybridized carbons (Fsp3) is 0.188. The van der Waals surface area contributed by atoms with Crippen molar-refractivity contribution in [3.05, 3.63) is 59.1 Å². The van der Waals surface area contributed by atoms with Crippen LogP contribution in [0.3, 0.4) is 0 Å². The van der Waals surface area contributed by atoms with Crippen molar-refractivity contribution < 1.29 is 14.3 Å². The fourth-order valence-electron chi connectivity index (χ4n) is 2.09. The van der Waals surface area contributed by atoms with Gasteiger partial charge in [-0.3, -0.25) is 4.79 Å². The first-order chi connectivity index (χ1) is 10.2. The summed E-state index contributed by atoms with van der Waals surface area (Å²) in [4.78, 5) is 12.1. The first-order valence-corrected chi connectivity index (χ1v) is 7.01. The molecule has 5 heteroatoms. The molecule has 0 bridgehead atoms. The van der Waals surface area contributed by atoms with Crippen molar-refractivity contribution in [2.45, 2.75) is 12.6 Å². The quantitative estimate of drug-likeness (QED) is 0.948. The predicted octanol–water partition coefficient (Wildman–Crippen LogP) is 2.80. The lowest BCUT2D eigenvalue weighted by Crippen LogP contribution is -2.43. The molecular formula is C16H14ClNO3. The monoisotopic (exact) mass is 303 g/mol. The second kappa shape index (κ2) is 6.06. The van der Waals surface area contributed by atoms with Gasteiger partial charge in [-0.2, -0.15) is 0 Å². The second-order valence-corrected chi connectivity index (χ2v) is 5.08. The molecule has 0 saturated carbocycles. The maximum atomic E-state index is 12.1. The van der Waals surface area contributed by atoms with E-state index in [9.17, 15) is 4.79 Å². The van der Waals surface area contributed by atoms with Crippen LogP contribution in [0, 0.1) is 0 Å². The lowest BCUT2D eigenvalue weighted by atomic mass is 10.2. The van der Waals surface area contributed by atoms with E-state index in [4.69, 9.17) is 21.1 Å². The van der Waals surface area contributed by atoms with E-state index in [1.54, 1.807) is 12.1 Å². The summed E-state index contributed by atoms with van der Waals surface area (Å²) in [7, 11) is 0. The molecule has 2 aromatic carbocycles. The Morgan fingerprint density at radius 2 is 1.86 bits per heavy atom. The van der Waals surface area contributed by atoms with Crippen LogP contribution in [-0.4, -0.2) is 18.6 Å². The van der Waals surface area contributed by atoms with Gasteiger partial charge in [0.15, 0.2) is 11.5 Å². The fourth-order valence-corrected chi connectivity index (χ4v) is 2.29. The third-order valence-electron chi connectivity index (χ3n) is 3.21. The zero-order valence-corrected chi connectivity index (χ0v) is 12.0. The molecule has 21 heavy (non-hydrogen) atoms. The van der Waals surface area contributed by atoms with Crippen molar-refractivity contribution in [3.63, 3.8) is 0 Å². The summed E-state index contributed by atoms with van der Waals surface area (Å²) in [6.45, 7) is 0.561. The minimum Gasteiger partial charge on any atom is -0.485 e. The van der Waals surface area contributed by atoms with E-state index in [1.165, 1.54) is 0 Å². The summed E-state index contributed by atoms with van der Waals surface area (Å²) in [5.74, 6) is 1.03. The molecule has 0 fully saturated rings. The van der Waals surface area contributed by atoms with Crippen molar-refractivity contribution in [2.75, 3.05) is 6.61 Å². The highest BCUT2D eigenvalue weighted by molar-refractivity contribution is 6.31. The Labute approximate surface area is 127 Å². The molecule has 1 aliphatic rings. The molecule has 3 rings (SSSR count). The van der Waals surface area contributed by atoms with E-state index in [1.807, 2.05) is 36.4 Å². The van der Waals surface area contributed by atoms with E-state index in [0.717, 1.165) is 5.56 Å². The summed E-state index contributed by atoms with van der Waals surface area (Å²) < 4.78 is 11.2. The number of hydrogen-bond acceptors (Lipinski definition) is 3. The molecule has 0 radical (unpaired) electrons. The third-order valence-corrected chi connectivity index (χ3v) is 3.58. The van der Waals surface area contributed by atoms with Gasteiger partial charge in [-0.15, -0.1) is 0 Å². The minimum atomic E-state index is -0.651. The first kappa shape index (κ1) is 13.8. The maximum absolute atomic E-state index is 12.1. The van der Waals surface area contributed by atoms with Crippen LogP contribution in [0.2, 0.25) is 5.02 Å². The van der Waals surface area contributed by atoms with Gasteiger partial charge in [-0.1, -0.05) is 41.9 Å². The summed E-state index contributed by atoms with van der Waals surface area (Å²) in [5.41, 5.74) is 0.865. The van der Waals surface area contributed by atoms with Crippen molar-refractivity contribution in [3.8, 4) is 11.5 Å². The minimum absolute atomic E-state index is 0.200. The molecule has 4 nitrogen and oxygen atoms in total. The Balaban J connectivity index is 1.61. The number of hydrogen-bond donors (Lipinski definition) is 1. The predicted molar refractivity (Wildman–Crippen MR) is 79.7 cm³/mol. The highest BCUT2D eigenvalue weighted by Gasteiger charge is 2.26. The average Bonchev–Trinajstić information content (AvgIpc) is 2.53. The van der Waals surface area contributed by atoms with Crippen LogP contribution in [0.25, 0.3) is 0 Å². The van der Waals surface area contributed by atoms with Crippen molar-refractivity contribution in [2.24, 2.45) is 0 Å². The zero-order chi connectivity index (χ0) is 14.7. The van der Waals surface area contributed by atoms with Crippen LogP contribution in [-0.2, 0) is 11.3 Å². The first-order valence-electron chi connectivity index (χ1n) is 6.63. The van der Waals surface area contributed by atoms with Crippen LogP contribution in [0.4, 0.5) is 0 Å². The molecule has 1 N–H and O–H groups in total. The molecule has 2 aromatic rings. The number of para-hydroxylation sites is 2. The molecule has 1 aliphatic heterocycles. The van der Waals surface area contributed by atoms with Gasteiger partial charge in [0.25, 0.3) is 5.91 Å². The van der Waals surface area contributed by atoms with Crippen LogP contribution in [0.5, 0.6) is 11.5 Å². The largest absolute Gasteiger partial charge is 0.485 e. The highest BCUT2D eigenvalue weighted by atomic mass is 35.5.